The molecule has 0 aromatic carbocycles. The predicted octanol–water partition coefficient (Wildman–Crippen LogP) is 1.03. The van der Waals surface area contributed by atoms with Gasteiger partial charge in [0.2, 0.25) is 0 Å². The third-order valence-corrected chi connectivity index (χ3v) is 3.26. The van der Waals surface area contributed by atoms with E-state index in [1.54, 1.807) is 7.11 Å². The average Bonchev–Trinajstić information content (AvgIpc) is 2.22. The number of likely N-dealkylation sites (N-methyl/N-ethyl adjacent to an activating group) is 1. The van der Waals surface area contributed by atoms with E-state index in [0.717, 1.165) is 6.54 Å². The minimum absolute atomic E-state index is 0.163. The molecule has 3 nitrogen and oxygen atoms in total. The third-order valence-electron chi connectivity index (χ3n) is 2.54. The van der Waals surface area contributed by atoms with Crippen molar-refractivity contribution >= 4 is 11.8 Å². The van der Waals surface area contributed by atoms with Gasteiger partial charge in [0.05, 0.1) is 6.10 Å². The Balaban J connectivity index is 3.94. The van der Waals surface area contributed by atoms with Gasteiger partial charge in [-0.2, -0.15) is 11.8 Å². The number of rotatable bonds is 8. The zero-order chi connectivity index (χ0) is 11.0. The fourth-order valence-electron chi connectivity index (χ4n) is 1.46. The van der Waals surface area contributed by atoms with Crippen LogP contribution >= 0.6 is 11.8 Å². The summed E-state index contributed by atoms with van der Waals surface area (Å²) in [5.41, 5.74) is 5.59. The van der Waals surface area contributed by atoms with Crippen molar-refractivity contribution in [2.24, 2.45) is 5.73 Å². The van der Waals surface area contributed by atoms with E-state index in [1.807, 2.05) is 11.8 Å². The van der Waals surface area contributed by atoms with Crippen LogP contribution in [0.15, 0.2) is 0 Å². The molecule has 0 aliphatic carbocycles. The van der Waals surface area contributed by atoms with Gasteiger partial charge in [0, 0.05) is 32.0 Å². The number of methoxy groups -OCH3 is 1. The Morgan fingerprint density at radius 2 is 2.14 bits per heavy atom. The van der Waals surface area contributed by atoms with Crippen LogP contribution in [-0.4, -0.2) is 56.3 Å². The molecule has 0 saturated heterocycles. The molecule has 0 amide bonds. The van der Waals surface area contributed by atoms with Gasteiger partial charge in [-0.25, -0.2) is 0 Å². The summed E-state index contributed by atoms with van der Waals surface area (Å²) in [6, 6.07) is 0.634. The summed E-state index contributed by atoms with van der Waals surface area (Å²) in [6.07, 6.45) is 3.49. The first-order chi connectivity index (χ1) is 6.69. The highest BCUT2D eigenvalue weighted by Crippen LogP contribution is 2.09. The SMILES string of the molecule is CCC(CSC)N(C)CC(CN)OC. The van der Waals surface area contributed by atoms with Crippen LogP contribution in [0.5, 0.6) is 0 Å². The molecule has 0 fully saturated rings. The summed E-state index contributed by atoms with van der Waals surface area (Å²) in [5.74, 6) is 1.17. The Labute approximate surface area is 92.4 Å². The Bertz CT molecular complexity index is 131. The number of nitrogens with zero attached hydrogens (tertiary/aromatic N) is 1. The molecule has 0 aliphatic rings. The van der Waals surface area contributed by atoms with Gasteiger partial charge in [-0.05, 0) is 19.7 Å². The molecule has 0 bridgehead atoms. The van der Waals surface area contributed by atoms with Crippen LogP contribution < -0.4 is 5.73 Å². The monoisotopic (exact) mass is 220 g/mol. The van der Waals surface area contributed by atoms with Crippen molar-refractivity contribution in [2.75, 3.05) is 39.3 Å². The Morgan fingerprint density at radius 3 is 2.50 bits per heavy atom. The minimum Gasteiger partial charge on any atom is -0.379 e. The molecule has 2 atom stereocenters. The normalized spacial score (nSPS) is 15.9. The Hall–Kier alpha value is 0.230. The molecule has 4 heteroatoms. The fraction of sp³-hybridized carbons (Fsp3) is 1.00. The largest absolute Gasteiger partial charge is 0.379 e. The van der Waals surface area contributed by atoms with Gasteiger partial charge < -0.3 is 10.5 Å². The van der Waals surface area contributed by atoms with Crippen molar-refractivity contribution in [2.45, 2.75) is 25.5 Å². The highest BCUT2D eigenvalue weighted by Gasteiger charge is 2.15. The predicted molar refractivity (Wildman–Crippen MR) is 64.9 cm³/mol. The van der Waals surface area contributed by atoms with Gasteiger partial charge >= 0.3 is 0 Å². The van der Waals surface area contributed by atoms with Crippen molar-refractivity contribution in [3.63, 3.8) is 0 Å². The summed E-state index contributed by atoms with van der Waals surface area (Å²) in [6.45, 7) is 3.74. The first-order valence-corrected chi connectivity index (χ1v) is 6.50. The van der Waals surface area contributed by atoms with Crippen LogP contribution in [0.25, 0.3) is 0 Å². The van der Waals surface area contributed by atoms with Crippen molar-refractivity contribution in [3.05, 3.63) is 0 Å². The summed E-state index contributed by atoms with van der Waals surface area (Å²) in [7, 11) is 3.87. The lowest BCUT2D eigenvalue weighted by Crippen LogP contribution is -2.41. The topological polar surface area (TPSA) is 38.5 Å². The van der Waals surface area contributed by atoms with Crippen molar-refractivity contribution in [1.29, 1.82) is 0 Å². The fourth-order valence-corrected chi connectivity index (χ4v) is 2.34. The van der Waals surface area contributed by atoms with Gasteiger partial charge in [0.1, 0.15) is 0 Å². The standard InChI is InChI=1S/C10H24N2OS/c1-5-9(8-14-4)12(2)7-10(6-11)13-3/h9-10H,5-8,11H2,1-4H3. The van der Waals surface area contributed by atoms with Crippen molar-refractivity contribution < 1.29 is 4.74 Å². The van der Waals surface area contributed by atoms with E-state index in [2.05, 4.69) is 25.1 Å². The molecule has 0 heterocycles. The molecule has 0 aromatic heterocycles. The first kappa shape index (κ1) is 14.2. The summed E-state index contributed by atoms with van der Waals surface area (Å²) in [4.78, 5) is 2.34. The van der Waals surface area contributed by atoms with Crippen LogP contribution in [0.1, 0.15) is 13.3 Å². The zero-order valence-corrected chi connectivity index (χ0v) is 10.6. The lowest BCUT2D eigenvalue weighted by atomic mass is 10.2. The molecule has 0 radical (unpaired) electrons. The van der Waals surface area contributed by atoms with E-state index in [4.69, 9.17) is 10.5 Å². The second-order valence-corrected chi connectivity index (χ2v) is 4.46. The maximum Gasteiger partial charge on any atom is 0.0820 e. The highest BCUT2D eigenvalue weighted by molar-refractivity contribution is 7.98. The van der Waals surface area contributed by atoms with Crippen LogP contribution in [0, 0.1) is 0 Å². The van der Waals surface area contributed by atoms with Gasteiger partial charge in [0.25, 0.3) is 0 Å². The number of nitrogens with two attached hydrogens (primary N) is 1. The molecular weight excluding hydrogens is 196 g/mol. The molecule has 2 unspecified atom stereocenters. The lowest BCUT2D eigenvalue weighted by Gasteiger charge is -2.29. The number of hydrogen-bond acceptors (Lipinski definition) is 4. The Morgan fingerprint density at radius 1 is 1.50 bits per heavy atom. The van der Waals surface area contributed by atoms with Gasteiger partial charge in [-0.15, -0.1) is 0 Å². The summed E-state index contributed by atoms with van der Waals surface area (Å²) < 4.78 is 5.27. The maximum absolute atomic E-state index is 5.59. The van der Waals surface area contributed by atoms with E-state index in [9.17, 15) is 0 Å². The van der Waals surface area contributed by atoms with Crippen LogP contribution in [0.2, 0.25) is 0 Å². The molecule has 14 heavy (non-hydrogen) atoms. The van der Waals surface area contributed by atoms with Crippen LogP contribution in [0.4, 0.5) is 0 Å². The molecule has 0 aliphatic heterocycles. The van der Waals surface area contributed by atoms with Crippen molar-refractivity contribution in [3.8, 4) is 0 Å². The number of ether oxygens (including phenoxy) is 1. The average molecular weight is 220 g/mol. The second kappa shape index (κ2) is 8.53. The number of thioether (sulfide) groups is 1. The van der Waals surface area contributed by atoms with Gasteiger partial charge in [0.15, 0.2) is 0 Å². The lowest BCUT2D eigenvalue weighted by molar-refractivity contribution is 0.0672. The molecule has 0 spiro atoms. The smallest absolute Gasteiger partial charge is 0.0820 e. The zero-order valence-electron chi connectivity index (χ0n) is 9.82. The van der Waals surface area contributed by atoms with Gasteiger partial charge in [-0.3, -0.25) is 4.90 Å². The maximum atomic E-state index is 5.59. The third kappa shape index (κ3) is 5.20. The Kier molecular flexibility index (Phi) is 8.67. The molecule has 0 saturated carbocycles. The molecular formula is C10H24N2OS. The number of hydrogen-bond donors (Lipinski definition) is 1. The van der Waals surface area contributed by atoms with E-state index >= 15 is 0 Å². The summed E-state index contributed by atoms with van der Waals surface area (Å²) in [5, 5.41) is 0. The minimum atomic E-state index is 0.163. The van der Waals surface area contributed by atoms with E-state index < -0.39 is 0 Å². The quantitative estimate of drug-likeness (QED) is 0.663. The molecule has 2 N–H and O–H groups in total. The van der Waals surface area contributed by atoms with E-state index in [-0.39, 0.29) is 6.10 Å². The highest BCUT2D eigenvalue weighted by atomic mass is 32.2. The molecule has 0 rings (SSSR count). The second-order valence-electron chi connectivity index (χ2n) is 3.55. The van der Waals surface area contributed by atoms with E-state index in [1.165, 1.54) is 12.2 Å². The first-order valence-electron chi connectivity index (χ1n) is 5.11. The van der Waals surface area contributed by atoms with Crippen molar-refractivity contribution in [1.82, 2.24) is 4.90 Å². The molecule has 0 aromatic rings. The van der Waals surface area contributed by atoms with Gasteiger partial charge in [-0.1, -0.05) is 6.92 Å². The molecule has 86 valence electrons. The summed E-state index contributed by atoms with van der Waals surface area (Å²) >= 11 is 1.89. The van der Waals surface area contributed by atoms with Crippen LogP contribution in [-0.2, 0) is 4.74 Å². The van der Waals surface area contributed by atoms with Crippen LogP contribution in [0.3, 0.4) is 0 Å². The van der Waals surface area contributed by atoms with E-state index in [0.29, 0.717) is 12.6 Å².